The highest BCUT2D eigenvalue weighted by atomic mass is 28.4. The molecule has 1 saturated heterocycles. The second kappa shape index (κ2) is 14.8. The highest BCUT2D eigenvalue weighted by Gasteiger charge is 2.51. The SMILES string of the molecule is COc1ccc(COCCC=CC(O)[C@H]2OC(C)(C)O[C@H]2CCO[Si](c2ccccc2)(c2ccccc2)C(C)(C)C)cc1. The van der Waals surface area contributed by atoms with E-state index in [-0.39, 0.29) is 11.1 Å². The lowest BCUT2D eigenvalue weighted by atomic mass is 10.1. The maximum absolute atomic E-state index is 11.1. The number of ether oxygens (including phenoxy) is 4. The Labute approximate surface area is 258 Å². The lowest BCUT2D eigenvalue weighted by Gasteiger charge is -2.43. The van der Waals surface area contributed by atoms with Gasteiger partial charge >= 0.3 is 0 Å². The van der Waals surface area contributed by atoms with Gasteiger partial charge in [-0.3, -0.25) is 0 Å². The molecule has 1 aliphatic heterocycles. The van der Waals surface area contributed by atoms with Crippen LogP contribution in [0.4, 0.5) is 0 Å². The molecule has 0 spiro atoms. The number of aliphatic hydroxyl groups is 1. The van der Waals surface area contributed by atoms with Gasteiger partial charge in [0.05, 0.1) is 26.4 Å². The van der Waals surface area contributed by atoms with Gasteiger partial charge in [0.2, 0.25) is 0 Å². The molecule has 1 aliphatic rings. The van der Waals surface area contributed by atoms with Crippen molar-refractivity contribution in [2.45, 2.75) is 83.2 Å². The molecule has 7 heteroatoms. The molecule has 0 saturated carbocycles. The molecule has 1 N–H and O–H groups in total. The maximum atomic E-state index is 11.1. The summed E-state index contributed by atoms with van der Waals surface area (Å²) < 4.78 is 30.6. The van der Waals surface area contributed by atoms with Crippen LogP contribution in [0.3, 0.4) is 0 Å². The first-order chi connectivity index (χ1) is 20.6. The number of rotatable bonds is 14. The van der Waals surface area contributed by atoms with Crippen molar-refractivity contribution in [3.63, 3.8) is 0 Å². The molecule has 1 unspecified atom stereocenters. The third-order valence-corrected chi connectivity index (χ3v) is 12.9. The van der Waals surface area contributed by atoms with E-state index in [1.54, 1.807) is 13.2 Å². The van der Waals surface area contributed by atoms with Gasteiger partial charge < -0.3 is 28.5 Å². The number of methoxy groups -OCH3 is 1. The van der Waals surface area contributed by atoms with E-state index in [0.29, 0.717) is 32.7 Å². The van der Waals surface area contributed by atoms with E-state index < -0.39 is 26.3 Å². The summed E-state index contributed by atoms with van der Waals surface area (Å²) in [6, 6.07) is 29.1. The van der Waals surface area contributed by atoms with Gasteiger partial charge in [-0.25, -0.2) is 0 Å². The van der Waals surface area contributed by atoms with Crippen molar-refractivity contribution >= 4 is 18.7 Å². The van der Waals surface area contributed by atoms with E-state index >= 15 is 0 Å². The van der Waals surface area contributed by atoms with Gasteiger partial charge in [-0.15, -0.1) is 0 Å². The molecule has 3 aromatic rings. The molecule has 3 aromatic carbocycles. The van der Waals surface area contributed by atoms with Crippen LogP contribution < -0.4 is 15.1 Å². The number of benzene rings is 3. The first-order valence-corrected chi connectivity index (χ1v) is 17.1. The topological polar surface area (TPSA) is 66.4 Å². The van der Waals surface area contributed by atoms with Gasteiger partial charge in [-0.1, -0.05) is 106 Å². The second-order valence-corrected chi connectivity index (χ2v) is 16.9. The fourth-order valence-corrected chi connectivity index (χ4v) is 10.5. The molecule has 0 aliphatic carbocycles. The normalized spacial score (nSPS) is 19.5. The average molecular weight is 605 g/mol. The molecule has 3 atom stereocenters. The van der Waals surface area contributed by atoms with Crippen LogP contribution in [0.15, 0.2) is 97.1 Å². The Morgan fingerprint density at radius 3 is 2.05 bits per heavy atom. The third-order valence-electron chi connectivity index (χ3n) is 7.89. The van der Waals surface area contributed by atoms with Crippen LogP contribution in [0.5, 0.6) is 5.75 Å². The van der Waals surface area contributed by atoms with Crippen molar-refractivity contribution in [3.05, 3.63) is 103 Å². The van der Waals surface area contributed by atoms with Crippen molar-refractivity contribution < 1.29 is 28.5 Å². The van der Waals surface area contributed by atoms with Crippen LogP contribution in [0.25, 0.3) is 0 Å². The van der Waals surface area contributed by atoms with E-state index in [4.69, 9.17) is 23.4 Å². The first-order valence-electron chi connectivity index (χ1n) is 15.2. The lowest BCUT2D eigenvalue weighted by molar-refractivity contribution is -0.153. The molecule has 1 fully saturated rings. The molecule has 232 valence electrons. The summed E-state index contributed by atoms with van der Waals surface area (Å²) in [6.07, 6.45) is 3.43. The molecule has 0 amide bonds. The monoisotopic (exact) mass is 604 g/mol. The van der Waals surface area contributed by atoms with Crippen molar-refractivity contribution in [2.24, 2.45) is 0 Å². The van der Waals surface area contributed by atoms with Gasteiger partial charge in [-0.2, -0.15) is 0 Å². The predicted molar refractivity (Wildman–Crippen MR) is 174 cm³/mol. The van der Waals surface area contributed by atoms with Crippen LogP contribution in [-0.4, -0.2) is 57.8 Å². The first kappa shape index (κ1) is 33.1. The average Bonchev–Trinajstić information content (AvgIpc) is 3.31. The minimum absolute atomic E-state index is 0.112. The van der Waals surface area contributed by atoms with Crippen LogP contribution in [0.1, 0.15) is 53.0 Å². The molecule has 0 aromatic heterocycles. The molecule has 6 nitrogen and oxygen atoms in total. The Hall–Kier alpha value is -2.78. The van der Waals surface area contributed by atoms with Gasteiger partial charge in [0.25, 0.3) is 8.32 Å². The van der Waals surface area contributed by atoms with Crippen LogP contribution in [0.2, 0.25) is 5.04 Å². The van der Waals surface area contributed by atoms with Crippen LogP contribution in [-0.2, 0) is 25.2 Å². The molecule has 1 heterocycles. The van der Waals surface area contributed by atoms with Gasteiger partial charge in [0.1, 0.15) is 18.0 Å². The molecular formula is C36H48O6Si. The summed E-state index contributed by atoms with van der Waals surface area (Å²) >= 11 is 0. The number of hydrogen-bond acceptors (Lipinski definition) is 6. The van der Waals surface area contributed by atoms with Crippen LogP contribution in [0, 0.1) is 0 Å². The maximum Gasteiger partial charge on any atom is 0.261 e. The molecule has 0 bridgehead atoms. The van der Waals surface area contributed by atoms with Crippen LogP contribution >= 0.6 is 0 Å². The predicted octanol–water partition coefficient (Wildman–Crippen LogP) is 6.01. The minimum Gasteiger partial charge on any atom is -0.497 e. The zero-order valence-electron chi connectivity index (χ0n) is 26.5. The highest BCUT2D eigenvalue weighted by molar-refractivity contribution is 6.99. The quantitative estimate of drug-likeness (QED) is 0.138. The smallest absolute Gasteiger partial charge is 0.261 e. The van der Waals surface area contributed by atoms with Crippen molar-refractivity contribution in [1.82, 2.24) is 0 Å². The standard InChI is InChI=1S/C36H48O6Si/c1-35(2,3)43(30-15-9-7-10-16-30,31-17-11-8-12-18-31)40-26-24-33-34(42-36(4,5)41-33)32(37)19-13-14-25-39-27-28-20-22-29(38-6)23-21-28/h7-13,15-23,32-34,37H,14,24-27H2,1-6H3/t32?,33-,34+/m0/s1. The molecular weight excluding hydrogens is 556 g/mol. The van der Waals surface area contributed by atoms with Gasteiger partial charge in [0.15, 0.2) is 5.79 Å². The zero-order valence-corrected chi connectivity index (χ0v) is 27.5. The van der Waals surface area contributed by atoms with E-state index in [0.717, 1.165) is 11.3 Å². The summed E-state index contributed by atoms with van der Waals surface area (Å²) in [5.74, 6) is 0.0399. The Morgan fingerprint density at radius 2 is 1.49 bits per heavy atom. The fourth-order valence-electron chi connectivity index (χ4n) is 5.87. The second-order valence-electron chi connectivity index (χ2n) is 12.5. The Kier molecular flexibility index (Phi) is 11.4. The van der Waals surface area contributed by atoms with Gasteiger partial charge in [0, 0.05) is 6.61 Å². The number of hydrogen-bond donors (Lipinski definition) is 1. The zero-order chi connectivity index (χ0) is 30.9. The summed E-state index contributed by atoms with van der Waals surface area (Å²) in [7, 11) is -1.01. The fraction of sp³-hybridized carbons (Fsp3) is 0.444. The lowest BCUT2D eigenvalue weighted by Crippen LogP contribution is -2.66. The summed E-state index contributed by atoms with van der Waals surface area (Å²) in [5, 5.41) is 13.5. The highest BCUT2D eigenvalue weighted by Crippen LogP contribution is 2.38. The van der Waals surface area contributed by atoms with E-state index in [1.165, 1.54) is 10.4 Å². The largest absolute Gasteiger partial charge is 0.497 e. The van der Waals surface area contributed by atoms with E-state index in [2.05, 4.69) is 81.4 Å². The summed E-state index contributed by atoms with van der Waals surface area (Å²) in [5.41, 5.74) is 1.09. The molecule has 0 radical (unpaired) electrons. The van der Waals surface area contributed by atoms with E-state index in [1.807, 2.05) is 44.2 Å². The van der Waals surface area contributed by atoms with Crippen molar-refractivity contribution in [2.75, 3.05) is 20.3 Å². The summed E-state index contributed by atoms with van der Waals surface area (Å²) in [4.78, 5) is 0. The summed E-state index contributed by atoms with van der Waals surface area (Å²) in [6.45, 7) is 12.2. The number of aliphatic hydroxyl groups excluding tert-OH is 1. The molecule has 4 rings (SSSR count). The Morgan fingerprint density at radius 1 is 0.884 bits per heavy atom. The van der Waals surface area contributed by atoms with Crippen molar-refractivity contribution in [3.8, 4) is 5.75 Å². The van der Waals surface area contributed by atoms with Gasteiger partial charge in [-0.05, 0) is 59.8 Å². The van der Waals surface area contributed by atoms with Crippen molar-refractivity contribution in [1.29, 1.82) is 0 Å². The Bertz CT molecular complexity index is 1230. The molecule has 43 heavy (non-hydrogen) atoms. The minimum atomic E-state index is -2.66. The Balaban J connectivity index is 1.37. The third kappa shape index (κ3) is 8.44. The van der Waals surface area contributed by atoms with E-state index in [9.17, 15) is 5.11 Å².